The fourth-order valence-electron chi connectivity index (χ4n) is 2.09. The molecular formula is C15H22F3N. The molecular weight excluding hydrogens is 251 g/mol. The third-order valence-corrected chi connectivity index (χ3v) is 3.62. The molecule has 108 valence electrons. The maximum Gasteiger partial charge on any atom is 0.133 e. The van der Waals surface area contributed by atoms with Gasteiger partial charge >= 0.3 is 0 Å². The Kier molecular flexibility index (Phi) is 5.41. The third-order valence-electron chi connectivity index (χ3n) is 3.62. The van der Waals surface area contributed by atoms with E-state index in [1.165, 1.54) is 0 Å². The monoisotopic (exact) mass is 273 g/mol. The van der Waals surface area contributed by atoms with E-state index < -0.39 is 23.5 Å². The summed E-state index contributed by atoms with van der Waals surface area (Å²) in [5, 5.41) is 3.18. The molecule has 0 saturated heterocycles. The molecule has 1 atom stereocenters. The summed E-state index contributed by atoms with van der Waals surface area (Å²) in [7, 11) is 0. The third kappa shape index (κ3) is 3.72. The molecule has 0 saturated carbocycles. The second-order valence-electron chi connectivity index (χ2n) is 5.51. The summed E-state index contributed by atoms with van der Waals surface area (Å²) in [5.74, 6) is -2.54. The van der Waals surface area contributed by atoms with Crippen molar-refractivity contribution in [2.45, 2.75) is 46.6 Å². The Labute approximate surface area is 113 Å². The first-order chi connectivity index (χ1) is 8.83. The van der Waals surface area contributed by atoms with Crippen molar-refractivity contribution < 1.29 is 13.2 Å². The van der Waals surface area contributed by atoms with Crippen molar-refractivity contribution in [3.63, 3.8) is 0 Å². The zero-order valence-electron chi connectivity index (χ0n) is 12.0. The largest absolute Gasteiger partial charge is 0.309 e. The Morgan fingerprint density at radius 2 is 1.63 bits per heavy atom. The lowest BCUT2D eigenvalue weighted by Gasteiger charge is -2.35. The van der Waals surface area contributed by atoms with Gasteiger partial charge in [-0.25, -0.2) is 13.2 Å². The quantitative estimate of drug-likeness (QED) is 0.800. The number of hydrogen-bond acceptors (Lipinski definition) is 1. The standard InChI is InChI=1S/C15H22F3N/c1-5-7-19-14(15(3,4)6-2)13-11(17)8-10(16)9-12(13)18/h8-9,14,19H,5-7H2,1-4H3. The summed E-state index contributed by atoms with van der Waals surface area (Å²) in [6.45, 7) is 8.51. The van der Waals surface area contributed by atoms with Crippen molar-refractivity contribution in [3.05, 3.63) is 35.1 Å². The average Bonchev–Trinajstić information content (AvgIpc) is 2.31. The van der Waals surface area contributed by atoms with Gasteiger partial charge in [-0.05, 0) is 24.8 Å². The molecule has 0 amide bonds. The lowest BCUT2D eigenvalue weighted by Crippen LogP contribution is -2.35. The van der Waals surface area contributed by atoms with Crippen molar-refractivity contribution in [1.82, 2.24) is 5.32 Å². The van der Waals surface area contributed by atoms with Crippen molar-refractivity contribution in [2.75, 3.05) is 6.54 Å². The van der Waals surface area contributed by atoms with Gasteiger partial charge in [-0.2, -0.15) is 0 Å². The Bertz CT molecular complexity index is 406. The zero-order valence-corrected chi connectivity index (χ0v) is 12.0. The molecule has 0 radical (unpaired) electrons. The van der Waals surface area contributed by atoms with E-state index in [-0.39, 0.29) is 11.0 Å². The average molecular weight is 273 g/mol. The number of halogens is 3. The van der Waals surface area contributed by atoms with Crippen LogP contribution in [0.4, 0.5) is 13.2 Å². The van der Waals surface area contributed by atoms with Crippen LogP contribution in [-0.2, 0) is 0 Å². The first-order valence-electron chi connectivity index (χ1n) is 6.71. The summed E-state index contributed by atoms with van der Waals surface area (Å²) in [4.78, 5) is 0. The maximum atomic E-state index is 13.9. The predicted molar refractivity (Wildman–Crippen MR) is 71.4 cm³/mol. The highest BCUT2D eigenvalue weighted by atomic mass is 19.1. The summed E-state index contributed by atoms with van der Waals surface area (Å²) in [6, 6.07) is 1.01. The van der Waals surface area contributed by atoms with E-state index >= 15 is 0 Å². The van der Waals surface area contributed by atoms with Crippen molar-refractivity contribution in [1.29, 1.82) is 0 Å². The molecule has 4 heteroatoms. The minimum Gasteiger partial charge on any atom is -0.309 e. The first kappa shape index (κ1) is 16.0. The first-order valence-corrected chi connectivity index (χ1v) is 6.71. The van der Waals surface area contributed by atoms with Gasteiger partial charge in [0.2, 0.25) is 0 Å². The minimum atomic E-state index is -0.887. The van der Waals surface area contributed by atoms with Crippen LogP contribution in [0.25, 0.3) is 0 Å². The summed E-state index contributed by atoms with van der Waals surface area (Å²) >= 11 is 0. The summed E-state index contributed by atoms with van der Waals surface area (Å²) in [6.07, 6.45) is 1.62. The van der Waals surface area contributed by atoms with Crippen LogP contribution in [-0.4, -0.2) is 6.54 Å². The van der Waals surface area contributed by atoms with Gasteiger partial charge in [-0.3, -0.25) is 0 Å². The van der Waals surface area contributed by atoms with Gasteiger partial charge in [0.1, 0.15) is 17.5 Å². The molecule has 19 heavy (non-hydrogen) atoms. The van der Waals surface area contributed by atoms with Crippen LogP contribution < -0.4 is 5.32 Å². The zero-order chi connectivity index (χ0) is 14.6. The molecule has 0 aliphatic carbocycles. The normalized spacial score (nSPS) is 13.6. The van der Waals surface area contributed by atoms with E-state index in [1.54, 1.807) is 0 Å². The second kappa shape index (κ2) is 6.42. The number of rotatable bonds is 6. The van der Waals surface area contributed by atoms with Crippen LogP contribution in [0.1, 0.15) is 52.1 Å². The van der Waals surface area contributed by atoms with E-state index in [1.807, 2.05) is 27.7 Å². The molecule has 1 N–H and O–H groups in total. The molecule has 1 nitrogen and oxygen atoms in total. The van der Waals surface area contributed by atoms with Crippen LogP contribution in [0.5, 0.6) is 0 Å². The molecule has 0 aliphatic rings. The highest BCUT2D eigenvalue weighted by Crippen LogP contribution is 2.38. The molecule has 1 unspecified atom stereocenters. The van der Waals surface area contributed by atoms with Gasteiger partial charge in [0, 0.05) is 23.7 Å². The van der Waals surface area contributed by atoms with E-state index in [4.69, 9.17) is 0 Å². The number of nitrogens with one attached hydrogen (secondary N) is 1. The fraction of sp³-hybridized carbons (Fsp3) is 0.600. The highest BCUT2D eigenvalue weighted by molar-refractivity contribution is 5.26. The summed E-state index contributed by atoms with van der Waals surface area (Å²) in [5.41, 5.74) is -0.393. The molecule has 0 aromatic heterocycles. The highest BCUT2D eigenvalue weighted by Gasteiger charge is 2.33. The van der Waals surface area contributed by atoms with Crippen LogP contribution in [0, 0.1) is 22.9 Å². The maximum absolute atomic E-state index is 13.9. The van der Waals surface area contributed by atoms with Crippen LogP contribution >= 0.6 is 0 Å². The Morgan fingerprint density at radius 3 is 2.05 bits per heavy atom. The number of benzene rings is 1. The van der Waals surface area contributed by atoms with Gasteiger partial charge < -0.3 is 5.32 Å². The fourth-order valence-corrected chi connectivity index (χ4v) is 2.09. The molecule has 0 aliphatic heterocycles. The molecule has 0 heterocycles. The molecule has 0 fully saturated rings. The van der Waals surface area contributed by atoms with E-state index in [2.05, 4.69) is 5.32 Å². The van der Waals surface area contributed by atoms with Crippen LogP contribution in [0.2, 0.25) is 0 Å². The van der Waals surface area contributed by atoms with Crippen LogP contribution in [0.3, 0.4) is 0 Å². The molecule has 1 aromatic rings. The molecule has 1 rings (SSSR count). The van der Waals surface area contributed by atoms with Crippen molar-refractivity contribution >= 4 is 0 Å². The molecule has 1 aromatic carbocycles. The van der Waals surface area contributed by atoms with Crippen molar-refractivity contribution in [3.8, 4) is 0 Å². The van der Waals surface area contributed by atoms with Gasteiger partial charge in [-0.1, -0.05) is 27.7 Å². The lowest BCUT2D eigenvalue weighted by molar-refractivity contribution is 0.224. The SMILES string of the molecule is CCCNC(c1c(F)cc(F)cc1F)C(C)(C)CC. The van der Waals surface area contributed by atoms with Gasteiger partial charge in [0.15, 0.2) is 0 Å². The summed E-state index contributed by atoms with van der Waals surface area (Å²) < 4.78 is 40.9. The topological polar surface area (TPSA) is 12.0 Å². The van der Waals surface area contributed by atoms with Crippen LogP contribution in [0.15, 0.2) is 12.1 Å². The lowest BCUT2D eigenvalue weighted by atomic mass is 9.78. The number of hydrogen-bond donors (Lipinski definition) is 1. The molecule has 0 bridgehead atoms. The Hall–Kier alpha value is -1.03. The predicted octanol–water partition coefficient (Wildman–Crippen LogP) is 4.58. The van der Waals surface area contributed by atoms with Gasteiger partial charge in [0.05, 0.1) is 0 Å². The van der Waals surface area contributed by atoms with E-state index in [0.717, 1.165) is 25.0 Å². The smallest absolute Gasteiger partial charge is 0.133 e. The van der Waals surface area contributed by atoms with Gasteiger partial charge in [-0.15, -0.1) is 0 Å². The molecule has 0 spiro atoms. The minimum absolute atomic E-state index is 0.0679. The van der Waals surface area contributed by atoms with E-state index in [0.29, 0.717) is 6.54 Å². The Balaban J connectivity index is 3.25. The Morgan fingerprint density at radius 1 is 1.11 bits per heavy atom. The van der Waals surface area contributed by atoms with E-state index in [9.17, 15) is 13.2 Å². The second-order valence-corrected chi connectivity index (χ2v) is 5.51. The van der Waals surface area contributed by atoms with Gasteiger partial charge in [0.25, 0.3) is 0 Å². The van der Waals surface area contributed by atoms with Crippen molar-refractivity contribution in [2.24, 2.45) is 5.41 Å².